The van der Waals surface area contributed by atoms with Gasteiger partial charge in [-0.25, -0.2) is 0 Å². The van der Waals surface area contributed by atoms with E-state index in [1.165, 1.54) is 36.8 Å². The number of phenolic OH excluding ortho intramolecular Hbond substituents is 1. The van der Waals surface area contributed by atoms with Crippen molar-refractivity contribution in [2.24, 2.45) is 0 Å². The zero-order valence-corrected chi connectivity index (χ0v) is 18.4. The summed E-state index contributed by atoms with van der Waals surface area (Å²) in [5, 5.41) is 9.64. The summed E-state index contributed by atoms with van der Waals surface area (Å²) in [6, 6.07) is 15.9. The average molecular weight is 396 g/mol. The van der Waals surface area contributed by atoms with Crippen LogP contribution >= 0.6 is 0 Å². The van der Waals surface area contributed by atoms with Crippen molar-refractivity contribution in [2.45, 2.75) is 52.9 Å². The summed E-state index contributed by atoms with van der Waals surface area (Å²) in [6.45, 7) is 10.4. The number of benzene rings is 2. The van der Waals surface area contributed by atoms with Gasteiger partial charge in [0, 0.05) is 6.54 Å². The number of phenols is 1. The molecule has 0 aliphatic rings. The van der Waals surface area contributed by atoms with Crippen LogP contribution in [0.5, 0.6) is 11.5 Å². The molecule has 0 unspecified atom stereocenters. The Labute approximate surface area is 177 Å². The molecule has 0 aliphatic heterocycles. The van der Waals surface area contributed by atoms with Crippen LogP contribution in [-0.2, 0) is 0 Å². The number of aromatic hydroxyl groups is 1. The molecule has 0 amide bonds. The zero-order valence-electron chi connectivity index (χ0n) is 18.4. The lowest BCUT2D eigenvalue weighted by molar-refractivity contribution is 0.223. The van der Waals surface area contributed by atoms with E-state index in [-0.39, 0.29) is 0 Å². The van der Waals surface area contributed by atoms with Gasteiger partial charge in [-0.3, -0.25) is 0 Å². The fourth-order valence-corrected chi connectivity index (χ4v) is 3.42. The van der Waals surface area contributed by atoms with Gasteiger partial charge in [-0.05, 0) is 66.9 Å². The first-order valence-corrected chi connectivity index (χ1v) is 11.1. The summed E-state index contributed by atoms with van der Waals surface area (Å²) in [6.07, 6.45) is 8.43. The lowest BCUT2D eigenvalue weighted by Crippen LogP contribution is -2.27. The van der Waals surface area contributed by atoms with Crippen molar-refractivity contribution in [1.82, 2.24) is 4.90 Å². The molecule has 29 heavy (non-hydrogen) atoms. The maximum atomic E-state index is 9.64. The van der Waals surface area contributed by atoms with Crippen LogP contribution in [0.4, 0.5) is 0 Å². The van der Waals surface area contributed by atoms with Gasteiger partial charge in [0.05, 0.1) is 0 Å². The molecule has 158 valence electrons. The SMILES string of the molecule is CCCCCC/C=C(/c1ccc(O)cc1)c1ccc(OCCN(CC)CC)cc1. The van der Waals surface area contributed by atoms with Gasteiger partial charge in [0.15, 0.2) is 0 Å². The Hall–Kier alpha value is -2.26. The molecule has 2 rings (SSSR count). The van der Waals surface area contributed by atoms with Gasteiger partial charge in [0.2, 0.25) is 0 Å². The summed E-state index contributed by atoms with van der Waals surface area (Å²) in [5.74, 6) is 1.21. The van der Waals surface area contributed by atoms with Crippen molar-refractivity contribution in [2.75, 3.05) is 26.2 Å². The van der Waals surface area contributed by atoms with Gasteiger partial charge in [-0.1, -0.05) is 70.4 Å². The van der Waals surface area contributed by atoms with Crippen molar-refractivity contribution in [3.05, 3.63) is 65.7 Å². The number of ether oxygens (including phenoxy) is 1. The number of hydrogen-bond donors (Lipinski definition) is 1. The fourth-order valence-electron chi connectivity index (χ4n) is 3.42. The molecular weight excluding hydrogens is 358 g/mol. The second-order valence-corrected chi connectivity index (χ2v) is 7.41. The molecule has 1 N–H and O–H groups in total. The number of hydrogen-bond acceptors (Lipinski definition) is 3. The zero-order chi connectivity index (χ0) is 20.9. The van der Waals surface area contributed by atoms with Crippen molar-refractivity contribution in [1.29, 1.82) is 0 Å². The molecule has 3 heteroatoms. The van der Waals surface area contributed by atoms with Crippen molar-refractivity contribution < 1.29 is 9.84 Å². The van der Waals surface area contributed by atoms with Gasteiger partial charge < -0.3 is 14.7 Å². The first-order chi connectivity index (χ1) is 14.2. The Morgan fingerprint density at radius 1 is 0.862 bits per heavy atom. The Bertz CT molecular complexity index is 715. The molecule has 0 saturated heterocycles. The fraction of sp³-hybridized carbons (Fsp3) is 0.462. The second-order valence-electron chi connectivity index (χ2n) is 7.41. The largest absolute Gasteiger partial charge is 0.508 e. The van der Waals surface area contributed by atoms with E-state index in [4.69, 9.17) is 4.74 Å². The highest BCUT2D eigenvalue weighted by Gasteiger charge is 2.06. The highest BCUT2D eigenvalue weighted by molar-refractivity contribution is 5.80. The van der Waals surface area contributed by atoms with Gasteiger partial charge in [0.1, 0.15) is 18.1 Å². The maximum absolute atomic E-state index is 9.64. The molecule has 0 aromatic heterocycles. The lowest BCUT2D eigenvalue weighted by atomic mass is 9.96. The van der Waals surface area contributed by atoms with Crippen LogP contribution in [0, 0.1) is 0 Å². The molecular formula is C26H37NO2. The molecule has 0 spiro atoms. The molecule has 2 aromatic rings. The standard InChI is InChI=1S/C26H37NO2/c1-4-7-8-9-10-11-26(22-12-16-24(28)17-13-22)23-14-18-25(19-15-23)29-21-20-27(5-2)6-3/h11-19,28H,4-10,20-21H2,1-3H3/b26-11-. The highest BCUT2D eigenvalue weighted by atomic mass is 16.5. The number of unbranched alkanes of at least 4 members (excludes halogenated alkanes) is 4. The normalized spacial score (nSPS) is 11.8. The topological polar surface area (TPSA) is 32.7 Å². The Kier molecular flexibility index (Phi) is 10.4. The minimum atomic E-state index is 0.299. The number of likely N-dealkylation sites (N-methyl/N-ethyl adjacent to an activating group) is 1. The van der Waals surface area contributed by atoms with Crippen molar-refractivity contribution >= 4 is 5.57 Å². The van der Waals surface area contributed by atoms with Crippen LogP contribution < -0.4 is 4.74 Å². The Balaban J connectivity index is 2.07. The van der Waals surface area contributed by atoms with Gasteiger partial charge in [-0.2, -0.15) is 0 Å². The lowest BCUT2D eigenvalue weighted by Gasteiger charge is -2.18. The van der Waals surface area contributed by atoms with E-state index < -0.39 is 0 Å². The van der Waals surface area contributed by atoms with E-state index in [1.807, 2.05) is 12.1 Å². The molecule has 3 nitrogen and oxygen atoms in total. The molecule has 0 radical (unpaired) electrons. The molecule has 0 saturated carbocycles. The molecule has 0 aliphatic carbocycles. The van der Waals surface area contributed by atoms with E-state index in [1.54, 1.807) is 12.1 Å². The number of allylic oxidation sites excluding steroid dienone is 1. The maximum Gasteiger partial charge on any atom is 0.119 e. The van der Waals surface area contributed by atoms with Crippen LogP contribution in [0.15, 0.2) is 54.6 Å². The third-order valence-corrected chi connectivity index (χ3v) is 5.32. The van der Waals surface area contributed by atoms with Crippen molar-refractivity contribution in [3.8, 4) is 11.5 Å². The summed E-state index contributed by atoms with van der Waals surface area (Å²) in [4.78, 5) is 2.36. The molecule has 0 atom stereocenters. The molecule has 2 aromatic carbocycles. The Morgan fingerprint density at radius 3 is 2.07 bits per heavy atom. The number of nitrogens with zero attached hydrogens (tertiary/aromatic N) is 1. The first-order valence-electron chi connectivity index (χ1n) is 11.1. The van der Waals surface area contributed by atoms with Crippen molar-refractivity contribution in [3.63, 3.8) is 0 Å². The third kappa shape index (κ3) is 7.94. The third-order valence-electron chi connectivity index (χ3n) is 5.32. The highest BCUT2D eigenvalue weighted by Crippen LogP contribution is 2.27. The Morgan fingerprint density at radius 2 is 1.48 bits per heavy atom. The van der Waals surface area contributed by atoms with Crippen LogP contribution in [0.3, 0.4) is 0 Å². The van der Waals surface area contributed by atoms with Gasteiger partial charge >= 0.3 is 0 Å². The van der Waals surface area contributed by atoms with Crippen LogP contribution in [0.25, 0.3) is 5.57 Å². The minimum Gasteiger partial charge on any atom is -0.508 e. The van der Waals surface area contributed by atoms with E-state index >= 15 is 0 Å². The van der Waals surface area contributed by atoms with Crippen LogP contribution in [-0.4, -0.2) is 36.2 Å². The van der Waals surface area contributed by atoms with E-state index in [0.717, 1.165) is 37.4 Å². The predicted octanol–water partition coefficient (Wildman–Crippen LogP) is 6.51. The van der Waals surface area contributed by atoms with Crippen LogP contribution in [0.1, 0.15) is 64.0 Å². The predicted molar refractivity (Wildman–Crippen MR) is 124 cm³/mol. The molecule has 0 fully saturated rings. The summed E-state index contributed by atoms with van der Waals surface area (Å²) in [7, 11) is 0. The monoisotopic (exact) mass is 395 g/mol. The molecule has 0 bridgehead atoms. The smallest absolute Gasteiger partial charge is 0.119 e. The number of rotatable bonds is 13. The van der Waals surface area contributed by atoms with Crippen LogP contribution in [0.2, 0.25) is 0 Å². The van der Waals surface area contributed by atoms with E-state index in [0.29, 0.717) is 12.4 Å². The second kappa shape index (κ2) is 13.1. The summed E-state index contributed by atoms with van der Waals surface area (Å²) >= 11 is 0. The van der Waals surface area contributed by atoms with E-state index in [9.17, 15) is 5.11 Å². The quantitative estimate of drug-likeness (QED) is 0.392. The molecule has 0 heterocycles. The van der Waals surface area contributed by atoms with Gasteiger partial charge in [0.25, 0.3) is 0 Å². The van der Waals surface area contributed by atoms with E-state index in [2.05, 4.69) is 56.0 Å². The average Bonchev–Trinajstić information content (AvgIpc) is 2.75. The first kappa shape index (κ1) is 23.0. The minimum absolute atomic E-state index is 0.299. The van der Waals surface area contributed by atoms with Gasteiger partial charge in [-0.15, -0.1) is 0 Å². The summed E-state index contributed by atoms with van der Waals surface area (Å²) in [5.41, 5.74) is 3.53. The summed E-state index contributed by atoms with van der Waals surface area (Å²) < 4.78 is 5.93.